The Balaban J connectivity index is 1.65. The van der Waals surface area contributed by atoms with Gasteiger partial charge in [-0.3, -0.25) is 9.69 Å². The molecule has 0 aromatic rings. The van der Waals surface area contributed by atoms with Gasteiger partial charge in [0.2, 0.25) is 5.91 Å². The smallest absolute Gasteiger partial charge is 0.225 e. The van der Waals surface area contributed by atoms with E-state index in [0.717, 1.165) is 52.2 Å². The molecule has 5 nitrogen and oxygen atoms in total. The van der Waals surface area contributed by atoms with Crippen LogP contribution in [-0.4, -0.2) is 85.7 Å². The third-order valence-electron chi connectivity index (χ3n) is 6.64. The molecule has 1 spiro atoms. The number of carbonyl (C=O) groups excluding carboxylic acids is 1. The first-order valence-corrected chi connectivity index (χ1v) is 9.71. The van der Waals surface area contributed by atoms with E-state index in [9.17, 15) is 4.79 Å². The molecular formula is C19H35N3O2. The number of likely N-dealkylation sites (N-methyl/N-ethyl adjacent to an activating group) is 1. The first-order chi connectivity index (χ1) is 11.4. The number of likely N-dealkylation sites (tertiary alicyclic amines) is 1. The van der Waals surface area contributed by atoms with Gasteiger partial charge < -0.3 is 14.5 Å². The molecule has 3 rings (SSSR count). The molecule has 0 aromatic heterocycles. The van der Waals surface area contributed by atoms with Crippen LogP contribution in [0.4, 0.5) is 0 Å². The average Bonchev–Trinajstić information content (AvgIpc) is 2.59. The minimum Gasteiger partial charge on any atom is -0.378 e. The van der Waals surface area contributed by atoms with Gasteiger partial charge in [0.1, 0.15) is 0 Å². The van der Waals surface area contributed by atoms with E-state index < -0.39 is 0 Å². The number of rotatable bonds is 2. The summed E-state index contributed by atoms with van der Waals surface area (Å²) in [7, 11) is 4.45. The Morgan fingerprint density at radius 1 is 1.12 bits per heavy atom. The van der Waals surface area contributed by atoms with E-state index in [-0.39, 0.29) is 17.6 Å². The van der Waals surface area contributed by atoms with Crippen molar-refractivity contribution in [3.05, 3.63) is 0 Å². The number of nitrogens with zero attached hydrogens (tertiary/aromatic N) is 3. The first kappa shape index (κ1) is 18.2. The number of hydrogen-bond acceptors (Lipinski definition) is 4. The second-order valence-corrected chi connectivity index (χ2v) is 8.58. The van der Waals surface area contributed by atoms with E-state index in [0.29, 0.717) is 11.8 Å². The van der Waals surface area contributed by atoms with Crippen LogP contribution in [0.3, 0.4) is 0 Å². The van der Waals surface area contributed by atoms with Crippen molar-refractivity contribution in [1.29, 1.82) is 0 Å². The molecule has 3 saturated heterocycles. The lowest BCUT2D eigenvalue weighted by Gasteiger charge is -2.53. The Morgan fingerprint density at radius 3 is 2.50 bits per heavy atom. The summed E-state index contributed by atoms with van der Waals surface area (Å²) in [4.78, 5) is 20.3. The van der Waals surface area contributed by atoms with Gasteiger partial charge in [0, 0.05) is 37.7 Å². The second kappa shape index (κ2) is 7.30. The van der Waals surface area contributed by atoms with Gasteiger partial charge >= 0.3 is 0 Å². The summed E-state index contributed by atoms with van der Waals surface area (Å²) in [6.45, 7) is 10.2. The van der Waals surface area contributed by atoms with Crippen LogP contribution < -0.4 is 0 Å². The quantitative estimate of drug-likeness (QED) is 0.768. The Morgan fingerprint density at radius 2 is 1.83 bits per heavy atom. The van der Waals surface area contributed by atoms with Crippen molar-refractivity contribution in [2.45, 2.75) is 51.2 Å². The zero-order valence-electron chi connectivity index (χ0n) is 16.0. The molecule has 3 aliphatic heterocycles. The maximum Gasteiger partial charge on any atom is 0.225 e. The highest BCUT2D eigenvalue weighted by Gasteiger charge is 2.44. The number of carbonyl (C=O) groups is 1. The molecule has 3 aliphatic rings. The largest absolute Gasteiger partial charge is 0.378 e. The molecule has 1 amide bonds. The molecule has 0 radical (unpaired) electrons. The summed E-state index contributed by atoms with van der Waals surface area (Å²) in [5.41, 5.74) is 0.197. The van der Waals surface area contributed by atoms with Crippen molar-refractivity contribution >= 4 is 5.91 Å². The van der Waals surface area contributed by atoms with Crippen molar-refractivity contribution in [3.8, 4) is 0 Å². The number of hydrogen-bond donors (Lipinski definition) is 0. The molecule has 0 N–H and O–H groups in total. The summed E-state index contributed by atoms with van der Waals surface area (Å²) in [5, 5.41) is 0. The Hall–Kier alpha value is -0.650. The zero-order chi connectivity index (χ0) is 17.3. The number of amides is 1. The van der Waals surface area contributed by atoms with Crippen LogP contribution in [0.5, 0.6) is 0 Å². The van der Waals surface area contributed by atoms with Crippen LogP contribution in [0, 0.1) is 11.8 Å². The first-order valence-electron chi connectivity index (χ1n) is 9.71. The predicted octanol–water partition coefficient (Wildman–Crippen LogP) is 1.68. The van der Waals surface area contributed by atoms with Crippen molar-refractivity contribution < 1.29 is 9.53 Å². The standard InChI is InChI=1S/C19H35N3O2/c1-15(2)17-13-16(5-12-24-17)18(23)22-11-10-21(4)19(14-22)6-8-20(3)9-7-19/h15-17H,5-14H2,1-4H3/t16-,17-/m1/s1. The monoisotopic (exact) mass is 337 g/mol. The van der Waals surface area contributed by atoms with E-state index in [1.807, 2.05) is 0 Å². The van der Waals surface area contributed by atoms with Crippen LogP contribution in [0.15, 0.2) is 0 Å². The number of piperazine rings is 1. The number of ether oxygens (including phenoxy) is 1. The van der Waals surface area contributed by atoms with Gasteiger partial charge in [0.25, 0.3) is 0 Å². The van der Waals surface area contributed by atoms with E-state index in [1.165, 1.54) is 12.8 Å². The van der Waals surface area contributed by atoms with Crippen molar-refractivity contribution in [2.75, 3.05) is 53.4 Å². The molecule has 0 bridgehead atoms. The molecule has 0 aliphatic carbocycles. The Bertz CT molecular complexity index is 446. The van der Waals surface area contributed by atoms with Crippen LogP contribution in [0.25, 0.3) is 0 Å². The summed E-state index contributed by atoms with van der Waals surface area (Å²) in [6, 6.07) is 0. The lowest BCUT2D eigenvalue weighted by Crippen LogP contribution is -2.65. The van der Waals surface area contributed by atoms with Crippen molar-refractivity contribution in [3.63, 3.8) is 0 Å². The molecule has 0 saturated carbocycles. The molecule has 2 atom stereocenters. The molecule has 24 heavy (non-hydrogen) atoms. The van der Waals surface area contributed by atoms with Gasteiger partial charge in [-0.25, -0.2) is 0 Å². The normalized spacial score (nSPS) is 32.5. The van der Waals surface area contributed by atoms with E-state index in [1.54, 1.807) is 0 Å². The second-order valence-electron chi connectivity index (χ2n) is 8.58. The lowest BCUT2D eigenvalue weighted by molar-refractivity contribution is -0.148. The summed E-state index contributed by atoms with van der Waals surface area (Å²) >= 11 is 0. The molecule has 3 fully saturated rings. The predicted molar refractivity (Wildman–Crippen MR) is 96.0 cm³/mol. The highest BCUT2D eigenvalue weighted by molar-refractivity contribution is 5.79. The SMILES string of the molecule is CC(C)[C@H]1C[C@H](C(=O)N2CCN(C)C3(CCN(C)CC3)C2)CCO1. The van der Waals surface area contributed by atoms with Crippen LogP contribution in [0.1, 0.15) is 39.5 Å². The summed E-state index contributed by atoms with van der Waals surface area (Å²) in [5.74, 6) is 1.04. The van der Waals surface area contributed by atoms with Crippen LogP contribution >= 0.6 is 0 Å². The van der Waals surface area contributed by atoms with Gasteiger partial charge in [0.15, 0.2) is 0 Å². The fraction of sp³-hybridized carbons (Fsp3) is 0.947. The van der Waals surface area contributed by atoms with Crippen LogP contribution in [-0.2, 0) is 9.53 Å². The van der Waals surface area contributed by atoms with E-state index in [4.69, 9.17) is 4.74 Å². The summed E-state index contributed by atoms with van der Waals surface area (Å²) in [6.07, 6.45) is 4.39. The third-order valence-corrected chi connectivity index (χ3v) is 6.64. The zero-order valence-corrected chi connectivity index (χ0v) is 16.0. The fourth-order valence-corrected chi connectivity index (χ4v) is 4.60. The number of piperidine rings is 1. The minimum atomic E-state index is 0.165. The van der Waals surface area contributed by atoms with Crippen molar-refractivity contribution in [1.82, 2.24) is 14.7 Å². The molecule has 0 aromatic carbocycles. The maximum absolute atomic E-state index is 13.2. The highest BCUT2D eigenvalue weighted by atomic mass is 16.5. The molecular weight excluding hydrogens is 302 g/mol. The third kappa shape index (κ3) is 3.63. The van der Waals surface area contributed by atoms with Gasteiger partial charge in [-0.15, -0.1) is 0 Å². The molecule has 5 heteroatoms. The van der Waals surface area contributed by atoms with Crippen molar-refractivity contribution in [2.24, 2.45) is 11.8 Å². The topological polar surface area (TPSA) is 36.0 Å². The molecule has 0 unspecified atom stereocenters. The Kier molecular flexibility index (Phi) is 5.52. The minimum absolute atomic E-state index is 0.165. The van der Waals surface area contributed by atoms with Gasteiger partial charge in [-0.05, 0) is 58.8 Å². The van der Waals surface area contributed by atoms with Gasteiger partial charge in [0.05, 0.1) is 6.10 Å². The van der Waals surface area contributed by atoms with E-state index in [2.05, 4.69) is 42.6 Å². The molecule has 138 valence electrons. The highest BCUT2D eigenvalue weighted by Crippen LogP contribution is 2.33. The maximum atomic E-state index is 13.2. The Labute approximate surface area is 147 Å². The van der Waals surface area contributed by atoms with Gasteiger partial charge in [-0.2, -0.15) is 0 Å². The average molecular weight is 338 g/mol. The fourth-order valence-electron chi connectivity index (χ4n) is 4.60. The summed E-state index contributed by atoms with van der Waals surface area (Å²) < 4.78 is 5.86. The van der Waals surface area contributed by atoms with Crippen LogP contribution in [0.2, 0.25) is 0 Å². The molecule has 3 heterocycles. The van der Waals surface area contributed by atoms with E-state index >= 15 is 0 Å². The lowest BCUT2D eigenvalue weighted by atomic mass is 9.82. The van der Waals surface area contributed by atoms with Gasteiger partial charge in [-0.1, -0.05) is 13.8 Å².